The summed E-state index contributed by atoms with van der Waals surface area (Å²) >= 11 is 0. The van der Waals surface area contributed by atoms with Crippen molar-refractivity contribution in [3.63, 3.8) is 0 Å². The SMILES string of the molecule is O=c1[nH]c(=O)n(Cc2ccccn2)cc1[N+](=O)[O-]. The van der Waals surface area contributed by atoms with Crippen LogP contribution < -0.4 is 11.2 Å². The molecule has 18 heavy (non-hydrogen) atoms. The van der Waals surface area contributed by atoms with Crippen LogP contribution in [-0.2, 0) is 6.54 Å². The van der Waals surface area contributed by atoms with Crippen LogP contribution in [0.5, 0.6) is 0 Å². The van der Waals surface area contributed by atoms with E-state index in [9.17, 15) is 19.7 Å². The number of pyridine rings is 1. The third-order valence-electron chi connectivity index (χ3n) is 2.25. The Balaban J connectivity index is 2.46. The quantitative estimate of drug-likeness (QED) is 0.601. The first-order valence-electron chi connectivity index (χ1n) is 4.96. The normalized spacial score (nSPS) is 10.2. The summed E-state index contributed by atoms with van der Waals surface area (Å²) in [7, 11) is 0. The maximum absolute atomic E-state index is 11.5. The molecule has 0 aromatic carbocycles. The molecule has 8 nitrogen and oxygen atoms in total. The molecule has 2 heterocycles. The van der Waals surface area contributed by atoms with Gasteiger partial charge >= 0.3 is 16.9 Å². The van der Waals surface area contributed by atoms with Crippen molar-refractivity contribution in [1.82, 2.24) is 14.5 Å². The zero-order valence-corrected chi connectivity index (χ0v) is 9.07. The molecule has 2 rings (SSSR count). The number of rotatable bonds is 3. The average Bonchev–Trinajstić information content (AvgIpc) is 2.33. The van der Waals surface area contributed by atoms with Gasteiger partial charge in [-0.1, -0.05) is 6.07 Å². The number of nitrogens with one attached hydrogen (secondary N) is 1. The van der Waals surface area contributed by atoms with Crippen molar-refractivity contribution in [2.45, 2.75) is 6.54 Å². The summed E-state index contributed by atoms with van der Waals surface area (Å²) in [5.74, 6) is 0. The van der Waals surface area contributed by atoms with Gasteiger partial charge in [0, 0.05) is 6.20 Å². The maximum Gasteiger partial charge on any atom is 0.350 e. The average molecular weight is 248 g/mol. The minimum Gasteiger partial charge on any atom is -0.288 e. The molecule has 0 aliphatic carbocycles. The number of H-pyrrole nitrogens is 1. The Kier molecular flexibility index (Phi) is 3.00. The number of aromatic nitrogens is 3. The lowest BCUT2D eigenvalue weighted by molar-refractivity contribution is -0.386. The van der Waals surface area contributed by atoms with Crippen molar-refractivity contribution in [2.75, 3.05) is 0 Å². The Hall–Kier alpha value is -2.77. The molecule has 0 atom stereocenters. The predicted octanol–water partition coefficient (Wildman–Crippen LogP) is -0.112. The molecule has 0 unspecified atom stereocenters. The fourth-order valence-corrected chi connectivity index (χ4v) is 1.41. The van der Waals surface area contributed by atoms with Gasteiger partial charge < -0.3 is 0 Å². The Morgan fingerprint density at radius 2 is 2.17 bits per heavy atom. The van der Waals surface area contributed by atoms with Crippen LogP contribution in [0.2, 0.25) is 0 Å². The van der Waals surface area contributed by atoms with Crippen molar-refractivity contribution in [2.24, 2.45) is 0 Å². The van der Waals surface area contributed by atoms with Crippen LogP contribution >= 0.6 is 0 Å². The minimum atomic E-state index is -1.01. The van der Waals surface area contributed by atoms with Crippen molar-refractivity contribution in [3.05, 3.63) is 67.2 Å². The van der Waals surface area contributed by atoms with Crippen molar-refractivity contribution in [3.8, 4) is 0 Å². The van der Waals surface area contributed by atoms with Gasteiger partial charge in [0.05, 0.1) is 23.4 Å². The van der Waals surface area contributed by atoms with E-state index >= 15 is 0 Å². The molecular weight excluding hydrogens is 240 g/mol. The second-order valence-electron chi connectivity index (χ2n) is 3.48. The Labute approximate surface area is 99.7 Å². The first kappa shape index (κ1) is 11.7. The molecule has 0 saturated carbocycles. The van der Waals surface area contributed by atoms with E-state index in [-0.39, 0.29) is 6.54 Å². The zero-order chi connectivity index (χ0) is 13.1. The van der Waals surface area contributed by atoms with Gasteiger partial charge in [0.15, 0.2) is 0 Å². The summed E-state index contributed by atoms with van der Waals surface area (Å²) in [5, 5.41) is 10.6. The lowest BCUT2D eigenvalue weighted by atomic mass is 10.3. The van der Waals surface area contributed by atoms with Crippen molar-refractivity contribution >= 4 is 5.69 Å². The Morgan fingerprint density at radius 3 is 2.78 bits per heavy atom. The fraction of sp³-hybridized carbons (Fsp3) is 0.100. The molecule has 2 aromatic rings. The standard InChI is InChI=1S/C10H8N4O4/c15-9-8(14(17)18)6-13(10(16)12-9)5-7-3-1-2-4-11-7/h1-4,6H,5H2,(H,12,15,16). The molecule has 2 aromatic heterocycles. The smallest absolute Gasteiger partial charge is 0.288 e. The topological polar surface area (TPSA) is 111 Å². The molecule has 92 valence electrons. The predicted molar refractivity (Wildman–Crippen MR) is 61.3 cm³/mol. The molecule has 0 aliphatic rings. The summed E-state index contributed by atoms with van der Waals surface area (Å²) < 4.78 is 1.03. The first-order valence-corrected chi connectivity index (χ1v) is 4.96. The largest absolute Gasteiger partial charge is 0.350 e. The van der Waals surface area contributed by atoms with E-state index in [0.29, 0.717) is 5.69 Å². The van der Waals surface area contributed by atoms with E-state index < -0.39 is 21.9 Å². The maximum atomic E-state index is 11.5. The van der Waals surface area contributed by atoms with E-state index in [1.807, 2.05) is 4.98 Å². The summed E-state index contributed by atoms with van der Waals surface area (Å²) in [6, 6.07) is 5.11. The van der Waals surface area contributed by atoms with Crippen LogP contribution in [0.4, 0.5) is 5.69 Å². The molecule has 0 amide bonds. The first-order chi connectivity index (χ1) is 8.58. The highest BCUT2D eigenvalue weighted by atomic mass is 16.6. The second-order valence-corrected chi connectivity index (χ2v) is 3.48. The highest BCUT2D eigenvalue weighted by Gasteiger charge is 2.14. The fourth-order valence-electron chi connectivity index (χ4n) is 1.41. The lowest BCUT2D eigenvalue weighted by Gasteiger charge is -2.03. The Morgan fingerprint density at radius 1 is 1.39 bits per heavy atom. The van der Waals surface area contributed by atoms with Gasteiger partial charge in [-0.15, -0.1) is 0 Å². The molecule has 0 spiro atoms. The Bertz CT molecular complexity index is 689. The summed E-state index contributed by atoms with van der Waals surface area (Å²) in [5.41, 5.74) is -1.84. The number of nitro groups is 1. The highest BCUT2D eigenvalue weighted by molar-refractivity contribution is 5.21. The lowest BCUT2D eigenvalue weighted by Crippen LogP contribution is -2.31. The van der Waals surface area contributed by atoms with E-state index in [0.717, 1.165) is 10.8 Å². The second kappa shape index (κ2) is 4.62. The monoisotopic (exact) mass is 248 g/mol. The van der Waals surface area contributed by atoms with E-state index in [1.165, 1.54) is 0 Å². The number of hydrogen-bond acceptors (Lipinski definition) is 5. The third kappa shape index (κ3) is 2.32. The van der Waals surface area contributed by atoms with Gasteiger partial charge in [0.2, 0.25) is 0 Å². The van der Waals surface area contributed by atoms with Gasteiger partial charge in [-0.05, 0) is 12.1 Å². The molecular formula is C10H8N4O4. The van der Waals surface area contributed by atoms with Crippen molar-refractivity contribution in [1.29, 1.82) is 0 Å². The van der Waals surface area contributed by atoms with Gasteiger partial charge in [0.1, 0.15) is 0 Å². The number of hydrogen-bond donors (Lipinski definition) is 1. The van der Waals surface area contributed by atoms with Gasteiger partial charge in [-0.2, -0.15) is 0 Å². The number of aromatic amines is 1. The summed E-state index contributed by atoms with van der Waals surface area (Å²) in [4.78, 5) is 38.3. The van der Waals surface area contributed by atoms with Crippen LogP contribution in [0.15, 0.2) is 40.2 Å². The zero-order valence-electron chi connectivity index (χ0n) is 9.07. The molecule has 0 radical (unpaired) electrons. The van der Waals surface area contributed by atoms with Crippen molar-refractivity contribution < 1.29 is 4.92 Å². The van der Waals surface area contributed by atoms with Crippen LogP contribution in [0.3, 0.4) is 0 Å². The van der Waals surface area contributed by atoms with Crippen LogP contribution in [0, 0.1) is 10.1 Å². The number of nitrogens with zero attached hydrogens (tertiary/aromatic N) is 3. The highest BCUT2D eigenvalue weighted by Crippen LogP contribution is 2.01. The molecule has 0 aliphatic heterocycles. The molecule has 1 N–H and O–H groups in total. The van der Waals surface area contributed by atoms with E-state index in [4.69, 9.17) is 0 Å². The van der Waals surface area contributed by atoms with Crippen LogP contribution in [0.1, 0.15) is 5.69 Å². The van der Waals surface area contributed by atoms with Gasteiger partial charge in [0.25, 0.3) is 0 Å². The summed E-state index contributed by atoms with van der Waals surface area (Å²) in [6.45, 7) is 0.0529. The van der Waals surface area contributed by atoms with Gasteiger partial charge in [-0.3, -0.25) is 29.4 Å². The van der Waals surface area contributed by atoms with E-state index in [1.54, 1.807) is 24.4 Å². The molecule has 0 bridgehead atoms. The molecule has 0 saturated heterocycles. The molecule has 0 fully saturated rings. The third-order valence-corrected chi connectivity index (χ3v) is 2.25. The van der Waals surface area contributed by atoms with E-state index in [2.05, 4.69) is 4.98 Å². The van der Waals surface area contributed by atoms with Crippen LogP contribution in [0.25, 0.3) is 0 Å². The minimum absolute atomic E-state index is 0.0529. The van der Waals surface area contributed by atoms with Gasteiger partial charge in [-0.25, -0.2) is 4.79 Å². The summed E-state index contributed by atoms with van der Waals surface area (Å²) in [6.07, 6.45) is 2.45. The van der Waals surface area contributed by atoms with Crippen LogP contribution in [-0.4, -0.2) is 19.5 Å². The molecule has 8 heteroatoms.